The molecule has 0 N–H and O–H groups in total. The highest BCUT2D eigenvalue weighted by Gasteiger charge is 2.03. The lowest BCUT2D eigenvalue weighted by Crippen LogP contribution is -1.94. The number of carbonyl (C=O) groups excluding carboxylic acids is 2. The Morgan fingerprint density at radius 2 is 2.06 bits per heavy atom. The van der Waals surface area contributed by atoms with E-state index in [-0.39, 0.29) is 5.78 Å². The van der Waals surface area contributed by atoms with Crippen LogP contribution in [0.5, 0.6) is 0 Å². The third-order valence-corrected chi connectivity index (χ3v) is 2.33. The van der Waals surface area contributed by atoms with Gasteiger partial charge in [-0.3, -0.25) is 4.79 Å². The first kappa shape index (κ1) is 12.5. The van der Waals surface area contributed by atoms with Gasteiger partial charge in [-0.2, -0.15) is 0 Å². The molecule has 0 fully saturated rings. The molecule has 0 radical (unpaired) electrons. The molecule has 0 amide bonds. The van der Waals surface area contributed by atoms with Gasteiger partial charge in [0.05, 0.1) is 7.11 Å². The standard InChI is InChI=1S/C12H11ClO3/c1-8(14)10-4-3-9(11(13)7-10)5-6-12(15)16-2/h3-7H,1-2H3. The van der Waals surface area contributed by atoms with E-state index in [0.717, 1.165) is 0 Å². The fraction of sp³-hybridized carbons (Fsp3) is 0.167. The van der Waals surface area contributed by atoms with Crippen molar-refractivity contribution in [2.45, 2.75) is 6.92 Å². The van der Waals surface area contributed by atoms with Gasteiger partial charge in [0.2, 0.25) is 0 Å². The number of ether oxygens (including phenoxy) is 1. The highest BCUT2D eigenvalue weighted by atomic mass is 35.5. The number of ketones is 1. The molecule has 1 aromatic rings. The number of rotatable bonds is 3. The number of carbonyl (C=O) groups is 2. The first-order chi connectivity index (χ1) is 7.54. The minimum absolute atomic E-state index is 0.0506. The van der Waals surface area contributed by atoms with Gasteiger partial charge in [-0.15, -0.1) is 0 Å². The van der Waals surface area contributed by atoms with E-state index in [2.05, 4.69) is 4.74 Å². The van der Waals surface area contributed by atoms with Crippen molar-refractivity contribution in [1.29, 1.82) is 0 Å². The second-order valence-corrected chi connectivity index (χ2v) is 3.56. The van der Waals surface area contributed by atoms with Gasteiger partial charge in [0.25, 0.3) is 0 Å². The molecule has 4 heteroatoms. The van der Waals surface area contributed by atoms with E-state index in [0.29, 0.717) is 16.1 Å². The molecular weight excluding hydrogens is 228 g/mol. The molecule has 0 saturated carbocycles. The van der Waals surface area contributed by atoms with E-state index in [1.165, 1.54) is 26.2 Å². The van der Waals surface area contributed by atoms with Gasteiger partial charge in [0, 0.05) is 16.7 Å². The molecule has 1 rings (SSSR count). The van der Waals surface area contributed by atoms with Crippen LogP contribution in [-0.4, -0.2) is 18.9 Å². The van der Waals surface area contributed by atoms with Gasteiger partial charge in [0.15, 0.2) is 5.78 Å². The molecule has 0 spiro atoms. The summed E-state index contributed by atoms with van der Waals surface area (Å²) in [5, 5.41) is 0.424. The average Bonchev–Trinajstić information content (AvgIpc) is 2.26. The van der Waals surface area contributed by atoms with E-state index < -0.39 is 5.97 Å². The van der Waals surface area contributed by atoms with Crippen LogP contribution >= 0.6 is 11.6 Å². The zero-order valence-electron chi connectivity index (χ0n) is 8.99. The second kappa shape index (κ2) is 5.47. The molecule has 0 aliphatic carbocycles. The summed E-state index contributed by atoms with van der Waals surface area (Å²) < 4.78 is 4.45. The Morgan fingerprint density at radius 1 is 1.38 bits per heavy atom. The Bertz CT molecular complexity index is 450. The predicted molar refractivity (Wildman–Crippen MR) is 62.5 cm³/mol. The van der Waals surface area contributed by atoms with Crippen molar-refractivity contribution in [3.05, 3.63) is 40.4 Å². The average molecular weight is 239 g/mol. The smallest absolute Gasteiger partial charge is 0.330 e. The monoisotopic (exact) mass is 238 g/mol. The highest BCUT2D eigenvalue weighted by molar-refractivity contribution is 6.32. The van der Waals surface area contributed by atoms with Crippen LogP contribution in [0.25, 0.3) is 6.08 Å². The number of methoxy groups -OCH3 is 1. The maximum atomic E-state index is 11.1. The van der Waals surface area contributed by atoms with Gasteiger partial charge in [-0.1, -0.05) is 23.7 Å². The summed E-state index contributed by atoms with van der Waals surface area (Å²) in [6.07, 6.45) is 2.81. The van der Waals surface area contributed by atoms with Gasteiger partial charge in [0.1, 0.15) is 0 Å². The molecule has 0 atom stereocenters. The number of esters is 1. The Morgan fingerprint density at radius 3 is 2.56 bits per heavy atom. The van der Waals surface area contributed by atoms with Crippen LogP contribution in [0.3, 0.4) is 0 Å². The van der Waals surface area contributed by atoms with E-state index in [1.54, 1.807) is 18.2 Å². The molecule has 0 aromatic heterocycles. The van der Waals surface area contributed by atoms with Crippen LogP contribution in [0.15, 0.2) is 24.3 Å². The van der Waals surface area contributed by atoms with Crippen LogP contribution in [0.1, 0.15) is 22.8 Å². The number of benzene rings is 1. The quantitative estimate of drug-likeness (QED) is 0.462. The zero-order chi connectivity index (χ0) is 12.1. The summed E-state index contributed by atoms with van der Waals surface area (Å²) in [6, 6.07) is 4.91. The van der Waals surface area contributed by atoms with Crippen LogP contribution < -0.4 is 0 Å². The SMILES string of the molecule is COC(=O)C=Cc1ccc(C(C)=O)cc1Cl. The van der Waals surface area contributed by atoms with Crippen LogP contribution in [0, 0.1) is 0 Å². The minimum Gasteiger partial charge on any atom is -0.466 e. The maximum absolute atomic E-state index is 11.1. The number of hydrogen-bond acceptors (Lipinski definition) is 3. The highest BCUT2D eigenvalue weighted by Crippen LogP contribution is 2.19. The van der Waals surface area contributed by atoms with E-state index >= 15 is 0 Å². The Kier molecular flexibility index (Phi) is 4.26. The lowest BCUT2D eigenvalue weighted by atomic mass is 10.1. The first-order valence-electron chi connectivity index (χ1n) is 4.61. The summed E-state index contributed by atoms with van der Waals surface area (Å²) in [5.41, 5.74) is 1.21. The van der Waals surface area contributed by atoms with Crippen molar-refractivity contribution in [1.82, 2.24) is 0 Å². The van der Waals surface area contributed by atoms with Crippen LogP contribution in [0.2, 0.25) is 5.02 Å². The van der Waals surface area contributed by atoms with E-state index in [1.807, 2.05) is 0 Å². The van der Waals surface area contributed by atoms with Crippen molar-refractivity contribution >= 4 is 29.4 Å². The van der Waals surface area contributed by atoms with Gasteiger partial charge in [-0.05, 0) is 24.6 Å². The molecule has 0 bridgehead atoms. The second-order valence-electron chi connectivity index (χ2n) is 3.15. The number of Topliss-reactive ketones (excluding diaryl/α,β-unsaturated/α-hetero) is 1. The Balaban J connectivity index is 2.95. The van der Waals surface area contributed by atoms with Crippen molar-refractivity contribution < 1.29 is 14.3 Å². The molecule has 1 aromatic carbocycles. The Labute approximate surface area is 98.7 Å². The predicted octanol–water partition coefficient (Wildman–Crippen LogP) is 2.73. The van der Waals surface area contributed by atoms with Crippen molar-refractivity contribution in [3.8, 4) is 0 Å². The Hall–Kier alpha value is -1.61. The zero-order valence-corrected chi connectivity index (χ0v) is 9.75. The van der Waals surface area contributed by atoms with Crippen molar-refractivity contribution in [2.75, 3.05) is 7.11 Å². The molecule has 16 heavy (non-hydrogen) atoms. The van der Waals surface area contributed by atoms with E-state index in [9.17, 15) is 9.59 Å². The summed E-state index contributed by atoms with van der Waals surface area (Å²) in [7, 11) is 1.30. The largest absolute Gasteiger partial charge is 0.466 e. The summed E-state index contributed by atoms with van der Waals surface area (Å²) >= 11 is 5.94. The molecule has 0 heterocycles. The fourth-order valence-electron chi connectivity index (χ4n) is 1.11. The van der Waals surface area contributed by atoms with Crippen molar-refractivity contribution in [2.24, 2.45) is 0 Å². The molecule has 0 unspecified atom stereocenters. The van der Waals surface area contributed by atoms with Crippen LogP contribution in [-0.2, 0) is 9.53 Å². The molecule has 0 saturated heterocycles. The molecule has 84 valence electrons. The fourth-order valence-corrected chi connectivity index (χ4v) is 1.35. The third-order valence-electron chi connectivity index (χ3n) is 2.01. The lowest BCUT2D eigenvalue weighted by molar-refractivity contribution is -0.134. The lowest BCUT2D eigenvalue weighted by Gasteiger charge is -2.00. The molecular formula is C12H11ClO3. The summed E-state index contributed by atoms with van der Waals surface area (Å²) in [4.78, 5) is 21.9. The topological polar surface area (TPSA) is 43.4 Å². The summed E-state index contributed by atoms with van der Waals surface area (Å²) in [5.74, 6) is -0.503. The maximum Gasteiger partial charge on any atom is 0.330 e. The minimum atomic E-state index is -0.452. The van der Waals surface area contributed by atoms with Gasteiger partial charge in [-0.25, -0.2) is 4.79 Å². The van der Waals surface area contributed by atoms with Gasteiger partial charge < -0.3 is 4.74 Å². The third kappa shape index (κ3) is 3.21. The molecule has 3 nitrogen and oxygen atoms in total. The summed E-state index contributed by atoms with van der Waals surface area (Å²) in [6.45, 7) is 1.47. The van der Waals surface area contributed by atoms with E-state index in [4.69, 9.17) is 11.6 Å². The van der Waals surface area contributed by atoms with Crippen molar-refractivity contribution in [3.63, 3.8) is 0 Å². The van der Waals surface area contributed by atoms with Gasteiger partial charge >= 0.3 is 5.97 Å². The molecule has 0 aliphatic rings. The molecule has 0 aliphatic heterocycles. The number of halogens is 1. The first-order valence-corrected chi connectivity index (χ1v) is 4.99. The normalized spacial score (nSPS) is 10.4. The van der Waals surface area contributed by atoms with Crippen LogP contribution in [0.4, 0.5) is 0 Å². The number of hydrogen-bond donors (Lipinski definition) is 0.